The summed E-state index contributed by atoms with van der Waals surface area (Å²) in [5.41, 5.74) is 10.0. The van der Waals surface area contributed by atoms with Crippen molar-refractivity contribution in [3.8, 4) is 5.75 Å². The molecule has 3 aromatic rings. The number of benzene rings is 1. The first kappa shape index (κ1) is 21.8. The predicted molar refractivity (Wildman–Crippen MR) is 123 cm³/mol. The fourth-order valence-electron chi connectivity index (χ4n) is 4.00. The molecular formula is C24H30N6O2. The van der Waals surface area contributed by atoms with E-state index in [0.717, 1.165) is 30.0 Å². The Kier molecular flexibility index (Phi) is 6.39. The monoisotopic (exact) mass is 434 g/mol. The lowest BCUT2D eigenvalue weighted by Gasteiger charge is -2.17. The maximum Gasteiger partial charge on any atom is 0.257 e. The number of hydrogen-bond donors (Lipinski definition) is 2. The van der Waals surface area contributed by atoms with Crippen LogP contribution in [0.5, 0.6) is 5.75 Å². The number of anilines is 1. The van der Waals surface area contributed by atoms with Gasteiger partial charge in [0.25, 0.3) is 5.91 Å². The van der Waals surface area contributed by atoms with Crippen molar-refractivity contribution in [2.24, 2.45) is 0 Å². The van der Waals surface area contributed by atoms with Crippen LogP contribution < -0.4 is 10.5 Å². The molecule has 1 aliphatic heterocycles. The number of nitrogens with one attached hydrogen (secondary N) is 1. The molecule has 0 aliphatic carbocycles. The van der Waals surface area contributed by atoms with Gasteiger partial charge in [-0.2, -0.15) is 5.10 Å². The SMILES string of the molecule is Cc1nc(N)ncc1C(=O)N1CC[C@@H](c2cc(CCOc3ccc(C(C)C)cc3)[nH]n2)C1. The van der Waals surface area contributed by atoms with Crippen LogP contribution in [0.2, 0.25) is 0 Å². The van der Waals surface area contributed by atoms with Gasteiger partial charge in [0.05, 0.1) is 23.6 Å². The molecule has 0 bridgehead atoms. The molecule has 1 aromatic carbocycles. The number of hydrogen-bond acceptors (Lipinski definition) is 6. The number of nitrogen functional groups attached to an aromatic ring is 1. The molecule has 3 heterocycles. The van der Waals surface area contributed by atoms with Crippen LogP contribution in [-0.2, 0) is 6.42 Å². The highest BCUT2D eigenvalue weighted by Crippen LogP contribution is 2.28. The number of amides is 1. The molecule has 1 aliphatic rings. The van der Waals surface area contributed by atoms with Gasteiger partial charge in [0.15, 0.2) is 0 Å². The topological polar surface area (TPSA) is 110 Å². The van der Waals surface area contributed by atoms with Gasteiger partial charge in [-0.25, -0.2) is 9.97 Å². The van der Waals surface area contributed by atoms with Gasteiger partial charge < -0.3 is 15.4 Å². The van der Waals surface area contributed by atoms with Crippen molar-refractivity contribution in [2.75, 3.05) is 25.4 Å². The van der Waals surface area contributed by atoms with Gasteiger partial charge in [-0.15, -0.1) is 0 Å². The van der Waals surface area contributed by atoms with Crippen molar-refractivity contribution < 1.29 is 9.53 Å². The number of aromatic amines is 1. The molecule has 3 N–H and O–H groups in total. The highest BCUT2D eigenvalue weighted by molar-refractivity contribution is 5.95. The van der Waals surface area contributed by atoms with E-state index < -0.39 is 0 Å². The Hall–Kier alpha value is -3.42. The minimum absolute atomic E-state index is 0.0577. The molecule has 1 saturated heterocycles. The number of likely N-dealkylation sites (tertiary alicyclic amines) is 1. The quantitative estimate of drug-likeness (QED) is 0.589. The van der Waals surface area contributed by atoms with Crippen LogP contribution in [0.4, 0.5) is 5.95 Å². The Labute approximate surface area is 188 Å². The summed E-state index contributed by atoms with van der Waals surface area (Å²) < 4.78 is 5.88. The molecule has 8 nitrogen and oxygen atoms in total. The third kappa shape index (κ3) is 4.90. The summed E-state index contributed by atoms with van der Waals surface area (Å²) in [6, 6.07) is 10.3. The van der Waals surface area contributed by atoms with E-state index in [9.17, 15) is 4.79 Å². The molecule has 0 saturated carbocycles. The summed E-state index contributed by atoms with van der Waals surface area (Å²) in [6.45, 7) is 8.03. The number of nitrogens with two attached hydrogens (primary N) is 1. The largest absolute Gasteiger partial charge is 0.493 e. The Bertz CT molecular complexity index is 1080. The minimum atomic E-state index is -0.0577. The zero-order valence-corrected chi connectivity index (χ0v) is 18.8. The zero-order valence-electron chi connectivity index (χ0n) is 18.8. The first-order valence-electron chi connectivity index (χ1n) is 11.1. The highest BCUT2D eigenvalue weighted by atomic mass is 16.5. The zero-order chi connectivity index (χ0) is 22.7. The molecule has 0 unspecified atom stereocenters. The standard InChI is InChI=1S/C24H30N6O2/c1-15(2)17-4-6-20(7-5-17)32-11-9-19-12-22(29-28-19)18-8-10-30(14-18)23(31)21-13-26-24(25)27-16(21)3/h4-7,12-13,15,18H,8-11,14H2,1-3H3,(H,28,29)(H2,25,26,27)/t18-/m1/s1. The van der Waals surface area contributed by atoms with Crippen LogP contribution in [0.1, 0.15) is 65.1 Å². The van der Waals surface area contributed by atoms with Gasteiger partial charge >= 0.3 is 0 Å². The molecule has 1 amide bonds. The number of H-pyrrole nitrogens is 1. The number of aromatic nitrogens is 4. The minimum Gasteiger partial charge on any atom is -0.493 e. The Balaban J connectivity index is 1.29. The molecule has 8 heteroatoms. The van der Waals surface area contributed by atoms with Crippen molar-refractivity contribution in [1.82, 2.24) is 25.1 Å². The second-order valence-electron chi connectivity index (χ2n) is 8.60. The summed E-state index contributed by atoms with van der Waals surface area (Å²) in [7, 11) is 0. The second-order valence-corrected chi connectivity index (χ2v) is 8.60. The third-order valence-electron chi connectivity index (χ3n) is 5.96. The lowest BCUT2D eigenvalue weighted by molar-refractivity contribution is 0.0789. The first-order chi connectivity index (χ1) is 15.4. The van der Waals surface area contributed by atoms with E-state index in [1.54, 1.807) is 6.92 Å². The van der Waals surface area contributed by atoms with Crippen LogP contribution >= 0.6 is 0 Å². The summed E-state index contributed by atoms with van der Waals surface area (Å²) in [6.07, 6.45) is 3.14. The van der Waals surface area contributed by atoms with E-state index in [0.29, 0.717) is 36.9 Å². The molecule has 4 rings (SSSR count). The Morgan fingerprint density at radius 2 is 2.09 bits per heavy atom. The predicted octanol–water partition coefficient (Wildman–Crippen LogP) is 3.46. The molecule has 32 heavy (non-hydrogen) atoms. The molecule has 1 fully saturated rings. The van der Waals surface area contributed by atoms with Crippen LogP contribution in [0, 0.1) is 6.92 Å². The molecule has 2 aromatic heterocycles. The lowest BCUT2D eigenvalue weighted by atomic mass is 10.0. The average molecular weight is 435 g/mol. The van der Waals surface area contributed by atoms with E-state index in [4.69, 9.17) is 10.5 Å². The van der Waals surface area contributed by atoms with Gasteiger partial charge in [0, 0.05) is 37.3 Å². The van der Waals surface area contributed by atoms with Crippen LogP contribution in [0.15, 0.2) is 36.5 Å². The summed E-state index contributed by atoms with van der Waals surface area (Å²) in [4.78, 5) is 22.8. The summed E-state index contributed by atoms with van der Waals surface area (Å²) in [5.74, 6) is 1.72. The van der Waals surface area contributed by atoms with Crippen molar-refractivity contribution in [1.29, 1.82) is 0 Å². The molecule has 0 radical (unpaired) electrons. The van der Waals surface area contributed by atoms with Gasteiger partial charge in [-0.05, 0) is 43.0 Å². The first-order valence-corrected chi connectivity index (χ1v) is 11.1. The molecule has 168 valence electrons. The number of carbonyl (C=O) groups excluding carboxylic acids is 1. The second kappa shape index (κ2) is 9.38. The Morgan fingerprint density at radius 1 is 1.31 bits per heavy atom. The summed E-state index contributed by atoms with van der Waals surface area (Å²) in [5, 5.41) is 7.61. The number of ether oxygens (including phenoxy) is 1. The smallest absolute Gasteiger partial charge is 0.257 e. The lowest BCUT2D eigenvalue weighted by Crippen LogP contribution is -2.29. The van der Waals surface area contributed by atoms with Gasteiger partial charge in [-0.3, -0.25) is 9.89 Å². The van der Waals surface area contributed by atoms with Crippen molar-refractivity contribution in [2.45, 2.75) is 45.4 Å². The normalized spacial score (nSPS) is 16.0. The van der Waals surface area contributed by atoms with Gasteiger partial charge in [0.2, 0.25) is 5.95 Å². The van der Waals surface area contributed by atoms with E-state index >= 15 is 0 Å². The van der Waals surface area contributed by atoms with Crippen molar-refractivity contribution >= 4 is 11.9 Å². The summed E-state index contributed by atoms with van der Waals surface area (Å²) >= 11 is 0. The van der Waals surface area contributed by atoms with E-state index in [-0.39, 0.29) is 17.8 Å². The van der Waals surface area contributed by atoms with Crippen LogP contribution in [-0.4, -0.2) is 50.7 Å². The highest BCUT2D eigenvalue weighted by Gasteiger charge is 2.30. The van der Waals surface area contributed by atoms with E-state index in [1.807, 2.05) is 17.0 Å². The third-order valence-corrected chi connectivity index (χ3v) is 5.96. The molecular weight excluding hydrogens is 404 g/mol. The maximum absolute atomic E-state index is 12.9. The Morgan fingerprint density at radius 3 is 2.81 bits per heavy atom. The average Bonchev–Trinajstić information content (AvgIpc) is 3.43. The number of carbonyl (C=O) groups is 1. The van der Waals surface area contributed by atoms with Crippen LogP contribution in [0.3, 0.4) is 0 Å². The van der Waals surface area contributed by atoms with Crippen molar-refractivity contribution in [3.05, 3.63) is 64.7 Å². The maximum atomic E-state index is 12.9. The number of aryl methyl sites for hydroxylation is 1. The number of nitrogens with zero attached hydrogens (tertiary/aromatic N) is 4. The van der Waals surface area contributed by atoms with Gasteiger partial charge in [-0.1, -0.05) is 26.0 Å². The van der Waals surface area contributed by atoms with Gasteiger partial charge in [0.1, 0.15) is 5.75 Å². The van der Waals surface area contributed by atoms with E-state index in [1.165, 1.54) is 11.8 Å². The van der Waals surface area contributed by atoms with E-state index in [2.05, 4.69) is 52.2 Å². The fraction of sp³-hybridized carbons (Fsp3) is 0.417. The number of rotatable bonds is 7. The van der Waals surface area contributed by atoms with Crippen molar-refractivity contribution in [3.63, 3.8) is 0 Å². The molecule has 0 spiro atoms. The molecule has 1 atom stereocenters. The fourth-order valence-corrected chi connectivity index (χ4v) is 4.00. The van der Waals surface area contributed by atoms with Crippen LogP contribution in [0.25, 0.3) is 0 Å².